The van der Waals surface area contributed by atoms with E-state index in [1.165, 1.54) is 0 Å². The molecule has 4 heteroatoms. The highest BCUT2D eigenvalue weighted by Gasteiger charge is 2.21. The number of primary amides is 1. The molecule has 0 bridgehead atoms. The Morgan fingerprint density at radius 1 is 1.35 bits per heavy atom. The van der Waals surface area contributed by atoms with Crippen LogP contribution in [-0.2, 0) is 4.79 Å². The standard InChI is InChI=1S/C13H19BrN2O/c1-8(2)12(13(15)17)16-9(3)10-5-4-6-11(14)7-10/h4-9,12,16H,1-3H3,(H2,15,17). The van der Waals surface area contributed by atoms with Gasteiger partial charge in [-0.3, -0.25) is 10.1 Å². The number of amides is 1. The minimum atomic E-state index is -0.304. The number of carbonyl (C=O) groups excluding carboxylic acids is 1. The molecule has 2 atom stereocenters. The Morgan fingerprint density at radius 3 is 2.47 bits per heavy atom. The molecule has 1 aromatic rings. The molecule has 94 valence electrons. The first-order valence-corrected chi connectivity index (χ1v) is 6.52. The summed E-state index contributed by atoms with van der Waals surface area (Å²) in [5.74, 6) is -0.121. The fourth-order valence-electron chi connectivity index (χ4n) is 1.74. The van der Waals surface area contributed by atoms with Gasteiger partial charge in [0.15, 0.2) is 0 Å². The fraction of sp³-hybridized carbons (Fsp3) is 0.462. The van der Waals surface area contributed by atoms with Crippen molar-refractivity contribution < 1.29 is 4.79 Å². The Morgan fingerprint density at radius 2 is 2.00 bits per heavy atom. The predicted octanol–water partition coefficient (Wildman–Crippen LogP) is 2.61. The van der Waals surface area contributed by atoms with Gasteiger partial charge in [-0.1, -0.05) is 41.9 Å². The SMILES string of the molecule is CC(NC(C(N)=O)C(C)C)c1cccc(Br)c1. The molecule has 0 saturated carbocycles. The molecule has 0 fully saturated rings. The molecule has 0 aromatic heterocycles. The molecule has 0 heterocycles. The zero-order chi connectivity index (χ0) is 13.0. The van der Waals surface area contributed by atoms with Crippen molar-refractivity contribution in [1.82, 2.24) is 5.32 Å². The first kappa shape index (κ1) is 14.2. The zero-order valence-electron chi connectivity index (χ0n) is 10.4. The third-order valence-electron chi connectivity index (χ3n) is 2.75. The molecule has 1 amide bonds. The normalized spacial score (nSPS) is 14.6. The average Bonchev–Trinajstić information content (AvgIpc) is 2.24. The second kappa shape index (κ2) is 6.17. The van der Waals surface area contributed by atoms with Crippen molar-refractivity contribution in [2.75, 3.05) is 0 Å². The van der Waals surface area contributed by atoms with E-state index in [9.17, 15) is 4.79 Å². The van der Waals surface area contributed by atoms with Crippen LogP contribution >= 0.6 is 15.9 Å². The molecule has 0 aliphatic rings. The van der Waals surface area contributed by atoms with Crippen LogP contribution in [0.15, 0.2) is 28.7 Å². The molecule has 0 saturated heterocycles. The minimum Gasteiger partial charge on any atom is -0.368 e. The van der Waals surface area contributed by atoms with Crippen molar-refractivity contribution in [2.24, 2.45) is 11.7 Å². The number of hydrogen-bond acceptors (Lipinski definition) is 2. The molecular weight excluding hydrogens is 280 g/mol. The van der Waals surface area contributed by atoms with Crippen molar-refractivity contribution in [3.8, 4) is 0 Å². The van der Waals surface area contributed by atoms with Crippen molar-refractivity contribution in [3.05, 3.63) is 34.3 Å². The minimum absolute atomic E-state index is 0.0902. The molecule has 3 nitrogen and oxygen atoms in total. The molecule has 17 heavy (non-hydrogen) atoms. The van der Waals surface area contributed by atoms with E-state index in [-0.39, 0.29) is 23.9 Å². The summed E-state index contributed by atoms with van der Waals surface area (Å²) in [7, 11) is 0. The first-order valence-electron chi connectivity index (χ1n) is 5.72. The van der Waals surface area contributed by atoms with Crippen LogP contribution < -0.4 is 11.1 Å². The molecular formula is C13H19BrN2O. The van der Waals surface area contributed by atoms with Gasteiger partial charge in [-0.15, -0.1) is 0 Å². The Balaban J connectivity index is 2.77. The molecule has 0 aliphatic heterocycles. The first-order chi connectivity index (χ1) is 7.91. The summed E-state index contributed by atoms with van der Waals surface area (Å²) in [6, 6.07) is 7.81. The molecule has 1 aromatic carbocycles. The third kappa shape index (κ3) is 4.13. The van der Waals surface area contributed by atoms with Crippen LogP contribution in [0.2, 0.25) is 0 Å². The number of nitrogens with one attached hydrogen (secondary N) is 1. The van der Waals surface area contributed by atoms with E-state index in [2.05, 4.69) is 21.2 Å². The Hall–Kier alpha value is -0.870. The van der Waals surface area contributed by atoms with Crippen LogP contribution in [0.4, 0.5) is 0 Å². The van der Waals surface area contributed by atoms with Gasteiger partial charge in [-0.05, 0) is 30.5 Å². The summed E-state index contributed by atoms with van der Waals surface area (Å²) < 4.78 is 1.03. The van der Waals surface area contributed by atoms with Crippen LogP contribution in [0, 0.1) is 5.92 Å². The van der Waals surface area contributed by atoms with Gasteiger partial charge in [0.2, 0.25) is 5.91 Å². The van der Waals surface area contributed by atoms with Crippen molar-refractivity contribution in [1.29, 1.82) is 0 Å². The van der Waals surface area contributed by atoms with Gasteiger partial charge in [-0.2, -0.15) is 0 Å². The smallest absolute Gasteiger partial charge is 0.234 e. The lowest BCUT2D eigenvalue weighted by atomic mass is 10.0. The van der Waals surface area contributed by atoms with Crippen LogP contribution in [0.5, 0.6) is 0 Å². The van der Waals surface area contributed by atoms with E-state index < -0.39 is 0 Å². The number of carbonyl (C=O) groups is 1. The van der Waals surface area contributed by atoms with Crippen molar-refractivity contribution in [3.63, 3.8) is 0 Å². The van der Waals surface area contributed by atoms with Gasteiger partial charge in [0.1, 0.15) is 0 Å². The number of nitrogens with two attached hydrogens (primary N) is 1. The molecule has 0 aliphatic carbocycles. The molecule has 0 radical (unpaired) electrons. The molecule has 3 N–H and O–H groups in total. The topological polar surface area (TPSA) is 55.1 Å². The van der Waals surface area contributed by atoms with E-state index in [0.717, 1.165) is 10.0 Å². The second-order valence-corrected chi connectivity index (χ2v) is 5.48. The zero-order valence-corrected chi connectivity index (χ0v) is 12.0. The van der Waals surface area contributed by atoms with Gasteiger partial charge in [0.25, 0.3) is 0 Å². The van der Waals surface area contributed by atoms with E-state index in [1.807, 2.05) is 45.0 Å². The van der Waals surface area contributed by atoms with Crippen molar-refractivity contribution >= 4 is 21.8 Å². The lowest BCUT2D eigenvalue weighted by Gasteiger charge is -2.24. The predicted molar refractivity (Wildman–Crippen MR) is 73.5 cm³/mol. The monoisotopic (exact) mass is 298 g/mol. The fourth-order valence-corrected chi connectivity index (χ4v) is 2.16. The second-order valence-electron chi connectivity index (χ2n) is 4.57. The van der Waals surface area contributed by atoms with E-state index in [4.69, 9.17) is 5.73 Å². The van der Waals surface area contributed by atoms with E-state index in [1.54, 1.807) is 0 Å². The largest absolute Gasteiger partial charge is 0.368 e. The van der Waals surface area contributed by atoms with Gasteiger partial charge < -0.3 is 5.73 Å². The van der Waals surface area contributed by atoms with Crippen LogP contribution in [0.1, 0.15) is 32.4 Å². The van der Waals surface area contributed by atoms with Gasteiger partial charge in [0, 0.05) is 10.5 Å². The summed E-state index contributed by atoms with van der Waals surface area (Å²) in [4.78, 5) is 11.3. The van der Waals surface area contributed by atoms with E-state index >= 15 is 0 Å². The maximum Gasteiger partial charge on any atom is 0.234 e. The van der Waals surface area contributed by atoms with Crippen LogP contribution in [0.25, 0.3) is 0 Å². The highest BCUT2D eigenvalue weighted by molar-refractivity contribution is 9.10. The molecule has 2 unspecified atom stereocenters. The van der Waals surface area contributed by atoms with E-state index in [0.29, 0.717) is 0 Å². The summed E-state index contributed by atoms with van der Waals surface area (Å²) in [5.41, 5.74) is 6.51. The number of rotatable bonds is 5. The van der Waals surface area contributed by atoms with Gasteiger partial charge in [-0.25, -0.2) is 0 Å². The number of halogens is 1. The third-order valence-corrected chi connectivity index (χ3v) is 3.24. The molecule has 0 spiro atoms. The van der Waals surface area contributed by atoms with Crippen LogP contribution in [-0.4, -0.2) is 11.9 Å². The maximum atomic E-state index is 11.3. The number of hydrogen-bond donors (Lipinski definition) is 2. The highest BCUT2D eigenvalue weighted by Crippen LogP contribution is 2.19. The average molecular weight is 299 g/mol. The summed E-state index contributed by atoms with van der Waals surface area (Å²) >= 11 is 3.44. The Labute approximate surface area is 111 Å². The Bertz CT molecular complexity index is 393. The summed E-state index contributed by atoms with van der Waals surface area (Å²) in [5, 5.41) is 3.26. The van der Waals surface area contributed by atoms with Gasteiger partial charge in [0.05, 0.1) is 6.04 Å². The number of benzene rings is 1. The van der Waals surface area contributed by atoms with Gasteiger partial charge >= 0.3 is 0 Å². The lowest BCUT2D eigenvalue weighted by molar-refractivity contribution is -0.121. The lowest BCUT2D eigenvalue weighted by Crippen LogP contribution is -2.45. The van der Waals surface area contributed by atoms with Crippen LogP contribution in [0.3, 0.4) is 0 Å². The quantitative estimate of drug-likeness (QED) is 0.878. The summed E-state index contributed by atoms with van der Waals surface area (Å²) in [6.45, 7) is 5.99. The molecule has 1 rings (SSSR count). The maximum absolute atomic E-state index is 11.3. The summed E-state index contributed by atoms with van der Waals surface area (Å²) in [6.07, 6.45) is 0. The Kier molecular flexibility index (Phi) is 5.15. The van der Waals surface area contributed by atoms with Crippen molar-refractivity contribution in [2.45, 2.75) is 32.9 Å². The highest BCUT2D eigenvalue weighted by atomic mass is 79.9.